The van der Waals surface area contributed by atoms with Crippen LogP contribution in [0.15, 0.2) is 39.1 Å². The quantitative estimate of drug-likeness (QED) is 0.468. The third-order valence-corrected chi connectivity index (χ3v) is 7.95. The molecule has 0 spiro atoms. The summed E-state index contributed by atoms with van der Waals surface area (Å²) in [6.07, 6.45) is 2.40. The number of carbonyl (C=O) groups is 3. The van der Waals surface area contributed by atoms with Crippen LogP contribution in [0.2, 0.25) is 0 Å². The summed E-state index contributed by atoms with van der Waals surface area (Å²) in [5.74, 6) is -0.112. The highest BCUT2D eigenvalue weighted by atomic mass is 79.9. The van der Waals surface area contributed by atoms with Crippen molar-refractivity contribution in [3.8, 4) is 11.5 Å². The average Bonchev–Trinajstić information content (AvgIpc) is 2.75. The minimum Gasteiger partial charge on any atom is -0.490 e. The number of hydrogen-bond acceptors (Lipinski definition) is 6. The van der Waals surface area contributed by atoms with Crippen LogP contribution in [-0.2, 0) is 14.4 Å². The lowest BCUT2D eigenvalue weighted by Crippen LogP contribution is -2.44. The topological polar surface area (TPSA) is 98.9 Å². The largest absolute Gasteiger partial charge is 0.490 e. The molecule has 4 rings (SSSR count). The Morgan fingerprint density at radius 2 is 1.51 bits per heavy atom. The molecule has 0 bridgehead atoms. The molecular weight excluding hydrogens is 536 g/mol. The summed E-state index contributed by atoms with van der Waals surface area (Å²) in [4.78, 5) is 41.2. The average molecular weight is 574 g/mol. The first-order chi connectivity index (χ1) is 17.3. The fourth-order valence-corrected chi connectivity index (χ4v) is 6.64. The molecule has 1 amide bonds. The lowest BCUT2D eigenvalue weighted by Gasteiger charge is -2.49. The SMILES string of the molecule is CCOc1cc(C2C3=C(CC(C)(C)CC3=O)N(CC)C3=C2C(=O)CC(C)(C)C3)cc(Br)c1OCC(N)=O. The Labute approximate surface area is 227 Å². The summed E-state index contributed by atoms with van der Waals surface area (Å²) >= 11 is 3.58. The van der Waals surface area contributed by atoms with E-state index in [4.69, 9.17) is 15.2 Å². The second-order valence-electron chi connectivity index (χ2n) is 11.8. The molecule has 37 heavy (non-hydrogen) atoms. The maximum atomic E-state index is 13.8. The van der Waals surface area contributed by atoms with E-state index in [1.54, 1.807) is 0 Å². The number of ether oxygens (including phenoxy) is 2. The second-order valence-corrected chi connectivity index (χ2v) is 12.7. The van der Waals surface area contributed by atoms with Crippen LogP contribution < -0.4 is 15.2 Å². The first-order valence-corrected chi connectivity index (χ1v) is 13.7. The summed E-state index contributed by atoms with van der Waals surface area (Å²) in [6, 6.07) is 3.71. The fourth-order valence-electron chi connectivity index (χ4n) is 6.06. The van der Waals surface area contributed by atoms with Gasteiger partial charge < -0.3 is 20.1 Å². The number of ketones is 2. The maximum Gasteiger partial charge on any atom is 0.255 e. The van der Waals surface area contributed by atoms with Crippen molar-refractivity contribution in [1.29, 1.82) is 0 Å². The minimum atomic E-state index is -0.596. The van der Waals surface area contributed by atoms with Crippen LogP contribution in [0.3, 0.4) is 0 Å². The molecule has 1 heterocycles. The molecule has 0 atom stereocenters. The van der Waals surface area contributed by atoms with E-state index >= 15 is 0 Å². The predicted octanol–water partition coefficient (Wildman–Crippen LogP) is 5.42. The lowest BCUT2D eigenvalue weighted by molar-refractivity contribution is -0.121. The summed E-state index contributed by atoms with van der Waals surface area (Å²) < 4.78 is 12.1. The lowest BCUT2D eigenvalue weighted by atomic mass is 9.63. The van der Waals surface area contributed by atoms with Gasteiger partial charge in [-0.1, -0.05) is 27.7 Å². The van der Waals surface area contributed by atoms with E-state index < -0.39 is 11.8 Å². The van der Waals surface area contributed by atoms with Crippen molar-refractivity contribution in [3.05, 3.63) is 44.7 Å². The zero-order valence-electron chi connectivity index (χ0n) is 22.6. The number of nitrogens with two attached hydrogens (primary N) is 1. The first kappa shape index (κ1) is 27.4. The predicted molar refractivity (Wildman–Crippen MR) is 145 cm³/mol. The normalized spacial score (nSPS) is 21.1. The van der Waals surface area contributed by atoms with Crippen LogP contribution in [0.5, 0.6) is 11.5 Å². The highest BCUT2D eigenvalue weighted by molar-refractivity contribution is 9.10. The molecule has 0 unspecified atom stereocenters. The van der Waals surface area contributed by atoms with Gasteiger partial charge in [0.25, 0.3) is 5.91 Å². The molecule has 1 aliphatic heterocycles. The van der Waals surface area contributed by atoms with Crippen molar-refractivity contribution in [2.45, 2.75) is 73.1 Å². The summed E-state index contributed by atoms with van der Waals surface area (Å²) in [7, 11) is 0. The van der Waals surface area contributed by atoms with Gasteiger partial charge in [0.15, 0.2) is 29.7 Å². The van der Waals surface area contributed by atoms with E-state index in [9.17, 15) is 14.4 Å². The van der Waals surface area contributed by atoms with Crippen molar-refractivity contribution >= 4 is 33.4 Å². The van der Waals surface area contributed by atoms with Gasteiger partial charge in [-0.3, -0.25) is 14.4 Å². The second kappa shape index (κ2) is 9.93. The van der Waals surface area contributed by atoms with Gasteiger partial charge in [-0.15, -0.1) is 0 Å². The molecule has 0 aromatic heterocycles. The minimum absolute atomic E-state index is 0.0852. The molecular formula is C29H37BrN2O5. The number of rotatable bonds is 7. The highest BCUT2D eigenvalue weighted by Crippen LogP contribution is 2.55. The van der Waals surface area contributed by atoms with Crippen molar-refractivity contribution in [1.82, 2.24) is 4.90 Å². The fraction of sp³-hybridized carbons (Fsp3) is 0.552. The summed E-state index contributed by atoms with van der Waals surface area (Å²) in [5.41, 5.74) is 9.25. The highest BCUT2D eigenvalue weighted by Gasteiger charge is 2.48. The van der Waals surface area contributed by atoms with Gasteiger partial charge in [-0.2, -0.15) is 0 Å². The van der Waals surface area contributed by atoms with E-state index in [-0.39, 0.29) is 29.0 Å². The molecule has 1 aromatic carbocycles. The van der Waals surface area contributed by atoms with Crippen LogP contribution in [0, 0.1) is 10.8 Å². The Bertz CT molecular complexity index is 1170. The third-order valence-electron chi connectivity index (χ3n) is 7.36. The summed E-state index contributed by atoms with van der Waals surface area (Å²) in [6.45, 7) is 13.3. The molecule has 2 aliphatic carbocycles. The number of carbonyl (C=O) groups excluding carboxylic acids is 3. The molecule has 8 heteroatoms. The van der Waals surface area contributed by atoms with Crippen LogP contribution in [0.25, 0.3) is 0 Å². The Morgan fingerprint density at radius 3 is 1.97 bits per heavy atom. The maximum absolute atomic E-state index is 13.8. The molecule has 0 fully saturated rings. The Balaban J connectivity index is 1.97. The number of benzene rings is 1. The van der Waals surface area contributed by atoms with Gasteiger partial charge in [-0.25, -0.2) is 0 Å². The number of Topliss-reactive ketones (excluding diaryl/α,β-unsaturated/α-hetero) is 2. The first-order valence-electron chi connectivity index (χ1n) is 13.0. The number of allylic oxidation sites excluding steroid dienone is 4. The van der Waals surface area contributed by atoms with Crippen LogP contribution in [-0.4, -0.2) is 42.1 Å². The van der Waals surface area contributed by atoms with Gasteiger partial charge in [0.05, 0.1) is 11.1 Å². The van der Waals surface area contributed by atoms with Gasteiger partial charge in [0.2, 0.25) is 0 Å². The zero-order chi connectivity index (χ0) is 27.3. The van der Waals surface area contributed by atoms with E-state index in [1.807, 2.05) is 19.1 Å². The summed E-state index contributed by atoms with van der Waals surface area (Å²) in [5, 5.41) is 0. The molecule has 0 radical (unpaired) electrons. The van der Waals surface area contributed by atoms with E-state index in [0.29, 0.717) is 53.1 Å². The molecule has 3 aliphatic rings. The number of nitrogens with zero attached hydrogens (tertiary/aromatic N) is 1. The molecule has 0 saturated heterocycles. The van der Waals surface area contributed by atoms with Crippen molar-refractivity contribution < 1.29 is 23.9 Å². The molecule has 7 nitrogen and oxygen atoms in total. The number of halogens is 1. The van der Waals surface area contributed by atoms with Gasteiger partial charge >= 0.3 is 0 Å². The number of hydrogen-bond donors (Lipinski definition) is 1. The van der Waals surface area contributed by atoms with Crippen LogP contribution in [0.4, 0.5) is 0 Å². The van der Waals surface area contributed by atoms with Gasteiger partial charge in [0.1, 0.15) is 0 Å². The standard InChI is InChI=1S/C29H37BrN2O5/c1-7-32-18-11-28(3,4)13-20(33)25(18)24(26-19(32)12-29(5,6)14-21(26)34)16-9-17(30)27(37-15-23(31)35)22(10-16)36-8-2/h9-10,24H,7-8,11-15H2,1-6H3,(H2,31,35). The van der Waals surface area contributed by atoms with Gasteiger partial charge in [-0.05, 0) is 71.1 Å². The number of amides is 1. The van der Waals surface area contributed by atoms with E-state index in [1.165, 1.54) is 0 Å². The molecule has 1 aromatic rings. The Hall–Kier alpha value is -2.61. The third kappa shape index (κ3) is 5.22. The molecule has 2 N–H and O–H groups in total. The Kier molecular flexibility index (Phi) is 7.36. The van der Waals surface area contributed by atoms with Crippen molar-refractivity contribution in [2.24, 2.45) is 16.6 Å². The van der Waals surface area contributed by atoms with Crippen LogP contribution in [0.1, 0.15) is 78.7 Å². The Morgan fingerprint density at radius 1 is 0.973 bits per heavy atom. The van der Waals surface area contributed by atoms with Crippen molar-refractivity contribution in [3.63, 3.8) is 0 Å². The smallest absolute Gasteiger partial charge is 0.255 e. The molecule has 200 valence electrons. The van der Waals surface area contributed by atoms with E-state index in [0.717, 1.165) is 29.8 Å². The molecule has 0 saturated carbocycles. The monoisotopic (exact) mass is 572 g/mol. The number of primary amides is 1. The van der Waals surface area contributed by atoms with Gasteiger partial charge in [0, 0.05) is 47.8 Å². The van der Waals surface area contributed by atoms with E-state index in [2.05, 4.69) is 55.4 Å². The van der Waals surface area contributed by atoms with Crippen molar-refractivity contribution in [2.75, 3.05) is 19.8 Å². The van der Waals surface area contributed by atoms with Crippen LogP contribution >= 0.6 is 15.9 Å². The zero-order valence-corrected chi connectivity index (χ0v) is 24.2.